The molecule has 1 fully saturated rings. The number of nitrogens with zero attached hydrogens (tertiary/aromatic N) is 2. The van der Waals surface area contributed by atoms with Gasteiger partial charge in [0.05, 0.1) is 0 Å². The van der Waals surface area contributed by atoms with Gasteiger partial charge in [0.1, 0.15) is 0 Å². The van der Waals surface area contributed by atoms with Gasteiger partial charge in [0.15, 0.2) is 0 Å². The van der Waals surface area contributed by atoms with Crippen LogP contribution in [0.25, 0.3) is 0 Å². The lowest BCUT2D eigenvalue weighted by Gasteiger charge is -2.33. The van der Waals surface area contributed by atoms with Crippen molar-refractivity contribution in [3.8, 4) is 0 Å². The van der Waals surface area contributed by atoms with E-state index in [0.29, 0.717) is 6.04 Å². The lowest BCUT2D eigenvalue weighted by Crippen LogP contribution is -2.38. The molecule has 1 aliphatic heterocycles. The minimum absolute atomic E-state index is 0.166. The minimum atomic E-state index is 0.166. The van der Waals surface area contributed by atoms with E-state index in [1.165, 1.54) is 0 Å². The number of likely N-dealkylation sites (tertiary alicyclic amines) is 1. The van der Waals surface area contributed by atoms with E-state index < -0.39 is 0 Å². The van der Waals surface area contributed by atoms with Gasteiger partial charge in [0, 0.05) is 37.1 Å². The average Bonchev–Trinajstić information content (AvgIpc) is 3.01. The van der Waals surface area contributed by atoms with Crippen LogP contribution in [0.1, 0.15) is 34.8 Å². The van der Waals surface area contributed by atoms with Crippen LogP contribution in [-0.4, -0.2) is 28.5 Å². The predicted molar refractivity (Wildman–Crippen MR) is 79.8 cm³/mol. The number of amides is 1. The van der Waals surface area contributed by atoms with Gasteiger partial charge in [-0.05, 0) is 44.0 Å². The maximum atomic E-state index is 12.5. The maximum absolute atomic E-state index is 12.5. The standard InChI is InChI=1S/C17H20N2O/c1-14-5-4-6-15(13-14)17(20)19-11-7-16(8-12-19)18-9-2-3-10-18/h2-6,9-10,13,16H,7-8,11-12H2,1H3. The highest BCUT2D eigenvalue weighted by atomic mass is 16.2. The van der Waals surface area contributed by atoms with Gasteiger partial charge in [-0.15, -0.1) is 0 Å². The molecule has 2 heterocycles. The molecule has 0 N–H and O–H groups in total. The molecule has 1 aliphatic rings. The van der Waals surface area contributed by atoms with E-state index >= 15 is 0 Å². The zero-order valence-corrected chi connectivity index (χ0v) is 11.8. The molecule has 0 bridgehead atoms. The number of carbonyl (C=O) groups is 1. The summed E-state index contributed by atoms with van der Waals surface area (Å²) in [6.45, 7) is 3.71. The van der Waals surface area contributed by atoms with Crippen molar-refractivity contribution in [1.29, 1.82) is 0 Å². The van der Waals surface area contributed by atoms with Crippen molar-refractivity contribution in [3.05, 3.63) is 59.9 Å². The Labute approximate surface area is 119 Å². The zero-order chi connectivity index (χ0) is 13.9. The topological polar surface area (TPSA) is 25.2 Å². The monoisotopic (exact) mass is 268 g/mol. The SMILES string of the molecule is Cc1cccc(C(=O)N2CCC(n3cccc3)CC2)c1. The van der Waals surface area contributed by atoms with Crippen LogP contribution in [0, 0.1) is 6.92 Å². The van der Waals surface area contributed by atoms with Gasteiger partial charge in [-0.25, -0.2) is 0 Å². The Hall–Kier alpha value is -2.03. The van der Waals surface area contributed by atoms with Crippen LogP contribution in [0.4, 0.5) is 0 Å². The Morgan fingerprint density at radius 2 is 1.80 bits per heavy atom. The summed E-state index contributed by atoms with van der Waals surface area (Å²) in [6.07, 6.45) is 6.30. The number of piperidine rings is 1. The number of hydrogen-bond donors (Lipinski definition) is 0. The van der Waals surface area contributed by atoms with Gasteiger partial charge in [0.25, 0.3) is 5.91 Å². The van der Waals surface area contributed by atoms with Crippen LogP contribution in [0.15, 0.2) is 48.8 Å². The molecular formula is C17H20N2O. The van der Waals surface area contributed by atoms with Gasteiger partial charge >= 0.3 is 0 Å². The van der Waals surface area contributed by atoms with Gasteiger partial charge in [0.2, 0.25) is 0 Å². The van der Waals surface area contributed by atoms with Crippen molar-refractivity contribution in [2.24, 2.45) is 0 Å². The Balaban J connectivity index is 1.65. The molecule has 0 unspecified atom stereocenters. The Morgan fingerprint density at radius 1 is 1.10 bits per heavy atom. The molecule has 0 spiro atoms. The van der Waals surface area contributed by atoms with Crippen LogP contribution < -0.4 is 0 Å². The van der Waals surface area contributed by atoms with Crippen molar-refractivity contribution in [2.75, 3.05) is 13.1 Å². The molecule has 1 saturated heterocycles. The second kappa shape index (κ2) is 5.53. The van der Waals surface area contributed by atoms with Crippen molar-refractivity contribution in [3.63, 3.8) is 0 Å². The Kier molecular flexibility index (Phi) is 3.59. The van der Waals surface area contributed by atoms with Crippen LogP contribution >= 0.6 is 0 Å². The number of aryl methyl sites for hydroxylation is 1. The van der Waals surface area contributed by atoms with Crippen molar-refractivity contribution >= 4 is 5.91 Å². The molecule has 20 heavy (non-hydrogen) atoms. The fourth-order valence-electron chi connectivity index (χ4n) is 2.92. The van der Waals surface area contributed by atoms with Crippen molar-refractivity contribution < 1.29 is 4.79 Å². The number of hydrogen-bond acceptors (Lipinski definition) is 1. The molecular weight excluding hydrogens is 248 g/mol. The van der Waals surface area contributed by atoms with Crippen molar-refractivity contribution in [1.82, 2.24) is 9.47 Å². The first-order valence-electron chi connectivity index (χ1n) is 7.22. The molecule has 3 heteroatoms. The summed E-state index contributed by atoms with van der Waals surface area (Å²) in [7, 11) is 0. The average molecular weight is 268 g/mol. The van der Waals surface area contributed by atoms with Crippen LogP contribution in [0.3, 0.4) is 0 Å². The van der Waals surface area contributed by atoms with E-state index in [1.807, 2.05) is 36.1 Å². The van der Waals surface area contributed by atoms with E-state index in [1.54, 1.807) is 0 Å². The molecule has 0 atom stereocenters. The fourth-order valence-corrected chi connectivity index (χ4v) is 2.92. The van der Waals surface area contributed by atoms with E-state index in [4.69, 9.17) is 0 Å². The van der Waals surface area contributed by atoms with Gasteiger partial charge in [-0.3, -0.25) is 4.79 Å². The first-order valence-corrected chi connectivity index (χ1v) is 7.22. The maximum Gasteiger partial charge on any atom is 0.253 e. The van der Waals surface area contributed by atoms with Crippen LogP contribution in [0.2, 0.25) is 0 Å². The molecule has 1 aromatic carbocycles. The summed E-state index contributed by atoms with van der Waals surface area (Å²) < 4.78 is 2.26. The van der Waals surface area contributed by atoms with E-state index in [2.05, 4.69) is 29.1 Å². The molecule has 0 saturated carbocycles. The largest absolute Gasteiger partial charge is 0.351 e. The van der Waals surface area contributed by atoms with Gasteiger partial charge in [-0.2, -0.15) is 0 Å². The number of benzene rings is 1. The van der Waals surface area contributed by atoms with Crippen LogP contribution in [-0.2, 0) is 0 Å². The number of aromatic nitrogens is 1. The smallest absolute Gasteiger partial charge is 0.253 e. The summed E-state index contributed by atoms with van der Waals surface area (Å²) in [5.74, 6) is 0.166. The Morgan fingerprint density at radius 3 is 2.45 bits per heavy atom. The van der Waals surface area contributed by atoms with E-state index in [-0.39, 0.29) is 5.91 Å². The first-order chi connectivity index (χ1) is 9.74. The molecule has 0 aliphatic carbocycles. The molecule has 3 nitrogen and oxygen atoms in total. The molecule has 3 rings (SSSR count). The summed E-state index contributed by atoms with van der Waals surface area (Å²) in [5, 5.41) is 0. The summed E-state index contributed by atoms with van der Waals surface area (Å²) in [6, 6.07) is 12.5. The number of rotatable bonds is 2. The van der Waals surface area contributed by atoms with E-state index in [9.17, 15) is 4.79 Å². The highest BCUT2D eigenvalue weighted by Crippen LogP contribution is 2.23. The molecule has 1 aromatic heterocycles. The minimum Gasteiger partial charge on any atom is -0.351 e. The molecule has 0 radical (unpaired) electrons. The highest BCUT2D eigenvalue weighted by Gasteiger charge is 2.24. The van der Waals surface area contributed by atoms with Crippen LogP contribution in [0.5, 0.6) is 0 Å². The Bertz CT molecular complexity index is 581. The predicted octanol–water partition coefficient (Wildman–Crippen LogP) is 3.27. The second-order valence-corrected chi connectivity index (χ2v) is 5.52. The molecule has 2 aromatic rings. The lowest BCUT2D eigenvalue weighted by molar-refractivity contribution is 0.0694. The quantitative estimate of drug-likeness (QED) is 0.820. The van der Waals surface area contributed by atoms with Gasteiger partial charge in [-0.1, -0.05) is 17.7 Å². The third-order valence-electron chi connectivity index (χ3n) is 4.07. The zero-order valence-electron chi connectivity index (χ0n) is 11.8. The summed E-state index contributed by atoms with van der Waals surface area (Å²) in [5.41, 5.74) is 1.95. The lowest BCUT2D eigenvalue weighted by atomic mass is 10.0. The fraction of sp³-hybridized carbons (Fsp3) is 0.353. The normalized spacial score (nSPS) is 16.4. The van der Waals surface area contributed by atoms with E-state index in [0.717, 1.165) is 37.1 Å². The molecule has 1 amide bonds. The first kappa shape index (κ1) is 13.0. The third-order valence-corrected chi connectivity index (χ3v) is 4.07. The number of carbonyl (C=O) groups excluding carboxylic acids is 1. The van der Waals surface area contributed by atoms with Crippen molar-refractivity contribution in [2.45, 2.75) is 25.8 Å². The molecule has 104 valence electrons. The summed E-state index contributed by atoms with van der Waals surface area (Å²) >= 11 is 0. The summed E-state index contributed by atoms with van der Waals surface area (Å²) in [4.78, 5) is 14.4. The van der Waals surface area contributed by atoms with Gasteiger partial charge < -0.3 is 9.47 Å². The third kappa shape index (κ3) is 2.62. The highest BCUT2D eigenvalue weighted by molar-refractivity contribution is 5.94. The second-order valence-electron chi connectivity index (χ2n) is 5.52.